The maximum Gasteiger partial charge on any atom is 0.322 e. The van der Waals surface area contributed by atoms with E-state index in [-0.39, 0.29) is 18.6 Å². The van der Waals surface area contributed by atoms with Crippen LogP contribution >= 0.6 is 0 Å². The molecule has 144 valence electrons. The van der Waals surface area contributed by atoms with Crippen molar-refractivity contribution in [2.24, 2.45) is 5.73 Å². The molecule has 0 atom stereocenters. The third-order valence-electron chi connectivity index (χ3n) is 4.79. The maximum absolute atomic E-state index is 13.0. The third kappa shape index (κ3) is 5.30. The van der Waals surface area contributed by atoms with Crippen LogP contribution in [0.1, 0.15) is 18.4 Å². The van der Waals surface area contributed by atoms with Gasteiger partial charge in [0, 0.05) is 18.8 Å². The lowest BCUT2D eigenvalue weighted by Gasteiger charge is -2.37. The van der Waals surface area contributed by atoms with Gasteiger partial charge in [-0.2, -0.15) is 5.10 Å². The first-order chi connectivity index (χ1) is 13.0. The number of aromatic nitrogens is 2. The first-order valence-corrected chi connectivity index (χ1v) is 9.12. The summed E-state index contributed by atoms with van der Waals surface area (Å²) in [5, 5.41) is 6.95. The number of hydrogen-bond acceptors (Lipinski definition) is 4. The Labute approximate surface area is 158 Å². The van der Waals surface area contributed by atoms with Crippen molar-refractivity contribution >= 4 is 17.6 Å². The number of primary amides is 1. The van der Waals surface area contributed by atoms with Crippen molar-refractivity contribution in [3.63, 3.8) is 0 Å². The predicted octanol–water partition coefficient (Wildman–Crippen LogP) is 1.50. The van der Waals surface area contributed by atoms with Crippen molar-refractivity contribution in [3.05, 3.63) is 48.3 Å². The van der Waals surface area contributed by atoms with Crippen LogP contribution in [0, 0.1) is 0 Å². The van der Waals surface area contributed by atoms with Crippen LogP contribution in [-0.2, 0) is 17.9 Å². The highest BCUT2D eigenvalue weighted by Gasteiger charge is 2.27. The highest BCUT2D eigenvalue weighted by atomic mass is 16.2. The molecular weight excluding hydrogens is 344 g/mol. The first-order valence-electron chi connectivity index (χ1n) is 9.12. The number of carbonyl (C=O) groups excluding carboxylic acids is 2. The molecule has 1 aromatic carbocycles. The Bertz CT molecular complexity index is 768. The van der Waals surface area contributed by atoms with E-state index in [0.29, 0.717) is 12.2 Å². The lowest BCUT2D eigenvalue weighted by molar-refractivity contribution is -0.118. The van der Waals surface area contributed by atoms with E-state index in [1.165, 1.54) is 10.9 Å². The largest absolute Gasteiger partial charge is 0.368 e. The van der Waals surface area contributed by atoms with Gasteiger partial charge in [0.25, 0.3) is 0 Å². The number of urea groups is 1. The molecule has 1 saturated heterocycles. The molecule has 1 fully saturated rings. The van der Waals surface area contributed by atoms with Gasteiger partial charge in [-0.1, -0.05) is 30.3 Å². The number of benzene rings is 1. The SMILES string of the molecule is CN1CCC(N(Cc2ccccc2)C(=O)Nc2cnn(CC(N)=O)c2)CC1. The lowest BCUT2D eigenvalue weighted by atomic mass is 10.0. The number of nitrogens with zero attached hydrogens (tertiary/aromatic N) is 4. The van der Waals surface area contributed by atoms with Gasteiger partial charge >= 0.3 is 6.03 Å². The van der Waals surface area contributed by atoms with E-state index in [0.717, 1.165) is 31.5 Å². The van der Waals surface area contributed by atoms with Gasteiger partial charge in [-0.25, -0.2) is 4.79 Å². The first kappa shape index (κ1) is 18.9. The molecule has 8 heteroatoms. The van der Waals surface area contributed by atoms with Crippen LogP contribution < -0.4 is 11.1 Å². The number of anilines is 1. The minimum atomic E-state index is -0.479. The van der Waals surface area contributed by atoms with E-state index in [1.807, 2.05) is 35.2 Å². The van der Waals surface area contributed by atoms with Gasteiger partial charge in [0.2, 0.25) is 5.91 Å². The van der Waals surface area contributed by atoms with Crippen molar-refractivity contribution < 1.29 is 9.59 Å². The number of carbonyl (C=O) groups is 2. The standard InChI is InChI=1S/C19H26N6O2/c1-23-9-7-17(8-10-23)25(12-15-5-3-2-4-6-15)19(27)22-16-11-21-24(13-16)14-18(20)26/h2-6,11,13,17H,7-10,12,14H2,1H3,(H2,20,26)(H,22,27). The fourth-order valence-electron chi connectivity index (χ4n) is 3.32. The maximum atomic E-state index is 13.0. The predicted molar refractivity (Wildman–Crippen MR) is 103 cm³/mol. The summed E-state index contributed by atoms with van der Waals surface area (Å²) in [6.07, 6.45) is 5.02. The quantitative estimate of drug-likeness (QED) is 0.805. The molecule has 0 unspecified atom stereocenters. The summed E-state index contributed by atoms with van der Waals surface area (Å²) in [5.41, 5.74) is 6.82. The van der Waals surface area contributed by atoms with E-state index in [2.05, 4.69) is 22.4 Å². The van der Waals surface area contributed by atoms with Crippen molar-refractivity contribution in [2.45, 2.75) is 32.0 Å². The van der Waals surface area contributed by atoms with E-state index in [1.54, 1.807) is 6.20 Å². The van der Waals surface area contributed by atoms with Crippen LogP contribution in [-0.4, -0.2) is 57.7 Å². The molecule has 3 N–H and O–H groups in total. The number of nitrogens with one attached hydrogen (secondary N) is 1. The monoisotopic (exact) mass is 370 g/mol. The minimum Gasteiger partial charge on any atom is -0.368 e. The molecule has 3 amide bonds. The molecule has 0 saturated carbocycles. The fourth-order valence-corrected chi connectivity index (χ4v) is 3.32. The van der Waals surface area contributed by atoms with Crippen LogP contribution in [0.25, 0.3) is 0 Å². The van der Waals surface area contributed by atoms with Gasteiger partial charge < -0.3 is 20.9 Å². The molecule has 0 radical (unpaired) electrons. The van der Waals surface area contributed by atoms with Crippen LogP contribution in [0.15, 0.2) is 42.7 Å². The van der Waals surface area contributed by atoms with E-state index in [9.17, 15) is 9.59 Å². The third-order valence-corrected chi connectivity index (χ3v) is 4.79. The number of amides is 3. The smallest absolute Gasteiger partial charge is 0.322 e. The summed E-state index contributed by atoms with van der Waals surface area (Å²) >= 11 is 0. The van der Waals surface area contributed by atoms with Gasteiger partial charge in [-0.15, -0.1) is 0 Å². The second-order valence-electron chi connectivity index (χ2n) is 6.97. The zero-order valence-corrected chi connectivity index (χ0v) is 15.5. The molecule has 1 aliphatic heterocycles. The normalized spacial score (nSPS) is 15.4. The number of nitrogens with two attached hydrogens (primary N) is 1. The Morgan fingerprint density at radius 1 is 1.26 bits per heavy atom. The Balaban J connectivity index is 1.71. The number of likely N-dealkylation sites (tertiary alicyclic amines) is 1. The molecule has 3 rings (SSSR count). The van der Waals surface area contributed by atoms with Crippen LogP contribution in [0.4, 0.5) is 10.5 Å². The molecule has 1 aromatic heterocycles. The lowest BCUT2D eigenvalue weighted by Crippen LogP contribution is -2.47. The summed E-state index contributed by atoms with van der Waals surface area (Å²) < 4.78 is 1.41. The van der Waals surface area contributed by atoms with Gasteiger partial charge in [-0.3, -0.25) is 9.48 Å². The second kappa shape index (κ2) is 8.68. The topological polar surface area (TPSA) is 96.5 Å². The molecule has 27 heavy (non-hydrogen) atoms. The van der Waals surface area contributed by atoms with Gasteiger partial charge in [0.15, 0.2) is 0 Å². The minimum absolute atomic E-state index is 0.0153. The molecule has 2 aromatic rings. The summed E-state index contributed by atoms with van der Waals surface area (Å²) in [6, 6.07) is 10.0. The van der Waals surface area contributed by atoms with E-state index < -0.39 is 5.91 Å². The van der Waals surface area contributed by atoms with Crippen LogP contribution in [0.3, 0.4) is 0 Å². The van der Waals surface area contributed by atoms with E-state index in [4.69, 9.17) is 5.73 Å². The van der Waals surface area contributed by atoms with Crippen molar-refractivity contribution in [2.75, 3.05) is 25.5 Å². The molecule has 0 spiro atoms. The average molecular weight is 370 g/mol. The van der Waals surface area contributed by atoms with Crippen molar-refractivity contribution in [1.29, 1.82) is 0 Å². The van der Waals surface area contributed by atoms with Gasteiger partial charge in [0.05, 0.1) is 11.9 Å². The molecule has 2 heterocycles. The number of piperidine rings is 1. The summed E-state index contributed by atoms with van der Waals surface area (Å²) in [5.74, 6) is -0.479. The summed E-state index contributed by atoms with van der Waals surface area (Å²) in [7, 11) is 2.10. The summed E-state index contributed by atoms with van der Waals surface area (Å²) in [4.78, 5) is 28.2. The second-order valence-corrected chi connectivity index (χ2v) is 6.97. The molecule has 0 bridgehead atoms. The Kier molecular flexibility index (Phi) is 6.08. The Morgan fingerprint density at radius 2 is 1.96 bits per heavy atom. The van der Waals surface area contributed by atoms with Crippen LogP contribution in [0.5, 0.6) is 0 Å². The Morgan fingerprint density at radius 3 is 2.63 bits per heavy atom. The molecule has 1 aliphatic rings. The zero-order chi connectivity index (χ0) is 19.2. The van der Waals surface area contributed by atoms with Crippen LogP contribution in [0.2, 0.25) is 0 Å². The van der Waals surface area contributed by atoms with Gasteiger partial charge in [-0.05, 0) is 38.5 Å². The van der Waals surface area contributed by atoms with Crippen molar-refractivity contribution in [3.8, 4) is 0 Å². The fraction of sp³-hybridized carbons (Fsp3) is 0.421. The average Bonchev–Trinajstić information content (AvgIpc) is 3.07. The van der Waals surface area contributed by atoms with E-state index >= 15 is 0 Å². The summed E-state index contributed by atoms with van der Waals surface area (Å²) in [6.45, 7) is 2.48. The number of hydrogen-bond donors (Lipinski definition) is 2. The number of rotatable bonds is 6. The molecular formula is C19H26N6O2. The molecule has 8 nitrogen and oxygen atoms in total. The highest BCUT2D eigenvalue weighted by molar-refractivity contribution is 5.89. The van der Waals surface area contributed by atoms with Gasteiger partial charge in [0.1, 0.15) is 6.54 Å². The highest BCUT2D eigenvalue weighted by Crippen LogP contribution is 2.20. The molecule has 0 aliphatic carbocycles. The Hall–Kier alpha value is -2.87. The zero-order valence-electron chi connectivity index (χ0n) is 15.5. The van der Waals surface area contributed by atoms with Crippen molar-refractivity contribution in [1.82, 2.24) is 19.6 Å².